The molecule has 1 heterocycles. The minimum absolute atomic E-state index is 0.0474. The number of likely N-dealkylation sites (tertiary alicyclic amines) is 1. The first-order valence-corrected chi connectivity index (χ1v) is 7.78. The fourth-order valence-electron chi connectivity index (χ4n) is 2.54. The molecule has 8 nitrogen and oxygen atoms in total. The summed E-state index contributed by atoms with van der Waals surface area (Å²) in [6.07, 6.45) is 0.736. The van der Waals surface area contributed by atoms with Crippen LogP contribution < -0.4 is 5.32 Å². The van der Waals surface area contributed by atoms with E-state index in [1.165, 1.54) is 18.1 Å². The summed E-state index contributed by atoms with van der Waals surface area (Å²) in [5.74, 6) is -0.770. The smallest absolute Gasteiger partial charge is 0.412 e. The average Bonchev–Trinajstić information content (AvgIpc) is 3.08. The zero-order valence-corrected chi connectivity index (χ0v) is 13.8. The first kappa shape index (κ1) is 18.3. The van der Waals surface area contributed by atoms with Crippen LogP contribution in [-0.2, 0) is 20.9 Å². The van der Waals surface area contributed by atoms with E-state index in [0.29, 0.717) is 19.4 Å². The van der Waals surface area contributed by atoms with E-state index in [0.717, 1.165) is 5.56 Å². The minimum Gasteiger partial charge on any atom is -0.465 e. The molecule has 0 spiro atoms. The summed E-state index contributed by atoms with van der Waals surface area (Å²) < 4.78 is 9.70. The van der Waals surface area contributed by atoms with Crippen molar-refractivity contribution in [3.63, 3.8) is 0 Å². The lowest BCUT2D eigenvalue weighted by atomic mass is 10.2. The molecule has 2 amide bonds. The van der Waals surface area contributed by atoms with E-state index < -0.39 is 24.2 Å². The quantitative estimate of drug-likeness (QED) is 0.624. The van der Waals surface area contributed by atoms with E-state index in [1.807, 2.05) is 18.2 Å². The highest BCUT2D eigenvalue weighted by Crippen LogP contribution is 2.19. The van der Waals surface area contributed by atoms with Crippen molar-refractivity contribution >= 4 is 18.2 Å². The third-order valence-corrected chi connectivity index (χ3v) is 3.76. The molecule has 0 saturated carbocycles. The molecule has 1 aliphatic heterocycles. The standard InChI is InChI=1S/C17H20N2O6/c1-24-15(20)14(10-13-8-5-9-19(13)17(22)23)18-16(21)25-11-12-6-3-2-4-7-12/h2-4,6-7,10,13H,5,8-9,11H2,1H3,(H,18,21)(H,22,23)/b14-10+. The van der Waals surface area contributed by atoms with Crippen LogP contribution in [0, 0.1) is 0 Å². The maximum Gasteiger partial charge on any atom is 0.412 e. The van der Waals surface area contributed by atoms with Gasteiger partial charge in [0.1, 0.15) is 12.3 Å². The summed E-state index contributed by atoms with van der Waals surface area (Å²) in [7, 11) is 1.18. The molecule has 1 unspecified atom stereocenters. The van der Waals surface area contributed by atoms with Gasteiger partial charge in [0, 0.05) is 6.54 Å². The Kier molecular flexibility index (Phi) is 6.39. The lowest BCUT2D eigenvalue weighted by molar-refractivity contribution is -0.136. The van der Waals surface area contributed by atoms with Crippen LogP contribution in [0.15, 0.2) is 42.1 Å². The van der Waals surface area contributed by atoms with E-state index in [-0.39, 0.29) is 12.3 Å². The number of carbonyl (C=O) groups is 3. The number of methoxy groups -OCH3 is 1. The van der Waals surface area contributed by atoms with Crippen molar-refractivity contribution in [2.75, 3.05) is 13.7 Å². The van der Waals surface area contributed by atoms with Gasteiger partial charge in [-0.3, -0.25) is 5.32 Å². The summed E-state index contributed by atoms with van der Waals surface area (Å²) in [4.78, 5) is 36.2. The van der Waals surface area contributed by atoms with Gasteiger partial charge >= 0.3 is 18.2 Å². The van der Waals surface area contributed by atoms with Crippen molar-refractivity contribution < 1.29 is 29.0 Å². The number of benzene rings is 1. The molecule has 2 rings (SSSR count). The Labute approximate surface area is 145 Å². The van der Waals surface area contributed by atoms with Gasteiger partial charge in [-0.05, 0) is 24.5 Å². The number of carboxylic acid groups (broad SMARTS) is 1. The van der Waals surface area contributed by atoms with E-state index in [1.54, 1.807) is 12.1 Å². The summed E-state index contributed by atoms with van der Waals surface area (Å²) >= 11 is 0. The van der Waals surface area contributed by atoms with Gasteiger partial charge in [0.25, 0.3) is 0 Å². The van der Waals surface area contributed by atoms with Gasteiger partial charge in [-0.25, -0.2) is 14.4 Å². The third-order valence-electron chi connectivity index (χ3n) is 3.76. The van der Waals surface area contributed by atoms with Crippen LogP contribution in [0.4, 0.5) is 9.59 Å². The second-order valence-corrected chi connectivity index (χ2v) is 5.44. The molecule has 0 aliphatic carbocycles. The predicted octanol–water partition coefficient (Wildman–Crippen LogP) is 2.11. The highest BCUT2D eigenvalue weighted by atomic mass is 16.6. The molecule has 1 atom stereocenters. The van der Waals surface area contributed by atoms with Gasteiger partial charge in [0.05, 0.1) is 13.2 Å². The summed E-state index contributed by atoms with van der Waals surface area (Å²) in [5.41, 5.74) is 0.660. The Morgan fingerprint density at radius 2 is 2.04 bits per heavy atom. The maximum atomic E-state index is 11.9. The van der Waals surface area contributed by atoms with Crippen LogP contribution >= 0.6 is 0 Å². The van der Waals surface area contributed by atoms with Crippen molar-refractivity contribution in [2.45, 2.75) is 25.5 Å². The topological polar surface area (TPSA) is 105 Å². The normalized spacial score (nSPS) is 17.1. The van der Waals surface area contributed by atoms with Crippen LogP contribution in [0.3, 0.4) is 0 Å². The van der Waals surface area contributed by atoms with Gasteiger partial charge in [0.2, 0.25) is 0 Å². The van der Waals surface area contributed by atoms with Crippen molar-refractivity contribution in [1.82, 2.24) is 10.2 Å². The van der Waals surface area contributed by atoms with Crippen LogP contribution in [0.5, 0.6) is 0 Å². The number of hydrogen-bond donors (Lipinski definition) is 2. The Hall–Kier alpha value is -3.03. The molecular weight excluding hydrogens is 328 g/mol. The zero-order valence-electron chi connectivity index (χ0n) is 13.8. The highest BCUT2D eigenvalue weighted by molar-refractivity contribution is 5.92. The van der Waals surface area contributed by atoms with Crippen molar-refractivity contribution in [2.24, 2.45) is 0 Å². The minimum atomic E-state index is -1.07. The lowest BCUT2D eigenvalue weighted by Crippen LogP contribution is -2.36. The SMILES string of the molecule is COC(=O)/C(=C\C1CCCN1C(=O)O)NC(=O)OCc1ccccc1. The van der Waals surface area contributed by atoms with Crippen LogP contribution in [0.25, 0.3) is 0 Å². The molecule has 1 aliphatic rings. The van der Waals surface area contributed by atoms with Gasteiger partial charge in [0.15, 0.2) is 0 Å². The number of amides is 2. The second kappa shape index (κ2) is 8.72. The molecule has 0 radical (unpaired) electrons. The third kappa shape index (κ3) is 5.23. The number of carbonyl (C=O) groups excluding carboxylic acids is 2. The molecule has 0 bridgehead atoms. The average molecular weight is 348 g/mol. The molecule has 2 N–H and O–H groups in total. The lowest BCUT2D eigenvalue weighted by Gasteiger charge is -2.19. The maximum absolute atomic E-state index is 11.9. The molecule has 8 heteroatoms. The second-order valence-electron chi connectivity index (χ2n) is 5.44. The summed E-state index contributed by atoms with van der Waals surface area (Å²) in [6.45, 7) is 0.426. The molecular formula is C17H20N2O6. The van der Waals surface area contributed by atoms with Crippen molar-refractivity contribution in [3.05, 3.63) is 47.7 Å². The van der Waals surface area contributed by atoms with Crippen LogP contribution in [-0.4, -0.2) is 47.9 Å². The Bertz CT molecular complexity index is 658. The van der Waals surface area contributed by atoms with Crippen LogP contribution in [0.2, 0.25) is 0 Å². The Morgan fingerprint density at radius 3 is 2.68 bits per heavy atom. The number of hydrogen-bond acceptors (Lipinski definition) is 5. The molecule has 1 saturated heterocycles. The van der Waals surface area contributed by atoms with Crippen molar-refractivity contribution in [1.29, 1.82) is 0 Å². The zero-order chi connectivity index (χ0) is 18.2. The Morgan fingerprint density at radius 1 is 1.32 bits per heavy atom. The first-order valence-electron chi connectivity index (χ1n) is 7.78. The highest BCUT2D eigenvalue weighted by Gasteiger charge is 2.28. The molecule has 1 fully saturated rings. The van der Waals surface area contributed by atoms with Crippen LogP contribution in [0.1, 0.15) is 18.4 Å². The Balaban J connectivity index is 2.02. The fraction of sp³-hybridized carbons (Fsp3) is 0.353. The van der Waals surface area contributed by atoms with E-state index in [9.17, 15) is 14.4 Å². The number of rotatable bonds is 5. The van der Waals surface area contributed by atoms with Gasteiger partial charge in [-0.15, -0.1) is 0 Å². The molecule has 1 aromatic carbocycles. The van der Waals surface area contributed by atoms with Gasteiger partial charge in [-0.1, -0.05) is 30.3 Å². The molecule has 134 valence electrons. The number of ether oxygens (including phenoxy) is 2. The molecule has 0 aromatic heterocycles. The number of nitrogens with one attached hydrogen (secondary N) is 1. The summed E-state index contributed by atoms with van der Waals surface area (Å²) in [6, 6.07) is 8.58. The first-order chi connectivity index (χ1) is 12.0. The number of nitrogens with zero attached hydrogens (tertiary/aromatic N) is 1. The summed E-state index contributed by atoms with van der Waals surface area (Å²) in [5, 5.41) is 11.5. The van der Waals surface area contributed by atoms with Gasteiger partial charge in [-0.2, -0.15) is 0 Å². The van der Waals surface area contributed by atoms with E-state index >= 15 is 0 Å². The van der Waals surface area contributed by atoms with E-state index in [2.05, 4.69) is 10.1 Å². The van der Waals surface area contributed by atoms with Crippen molar-refractivity contribution in [3.8, 4) is 0 Å². The predicted molar refractivity (Wildman–Crippen MR) is 87.6 cm³/mol. The fourth-order valence-corrected chi connectivity index (χ4v) is 2.54. The number of alkyl carbamates (subject to hydrolysis) is 1. The van der Waals surface area contributed by atoms with E-state index in [4.69, 9.17) is 9.84 Å². The molecule has 1 aromatic rings. The van der Waals surface area contributed by atoms with Gasteiger partial charge < -0.3 is 19.5 Å². The monoisotopic (exact) mass is 348 g/mol. The molecule has 25 heavy (non-hydrogen) atoms. The largest absolute Gasteiger partial charge is 0.465 e. The number of esters is 1.